The highest BCUT2D eigenvalue weighted by atomic mass is 32.1. The molecule has 86 valence electrons. The van der Waals surface area contributed by atoms with Crippen LogP contribution in [0.2, 0.25) is 0 Å². The molecule has 0 amide bonds. The smallest absolute Gasteiger partial charge is 0.166 e. The lowest BCUT2D eigenvalue weighted by Gasteiger charge is -2.26. The van der Waals surface area contributed by atoms with Crippen molar-refractivity contribution in [3.05, 3.63) is 11.6 Å². The summed E-state index contributed by atoms with van der Waals surface area (Å²) in [7, 11) is 0. The molecule has 3 nitrogen and oxygen atoms in total. The van der Waals surface area contributed by atoms with Crippen LogP contribution in [0.5, 0.6) is 0 Å². The van der Waals surface area contributed by atoms with Crippen molar-refractivity contribution < 1.29 is 5.11 Å². The van der Waals surface area contributed by atoms with E-state index in [-0.39, 0.29) is 6.61 Å². The van der Waals surface area contributed by atoms with Crippen molar-refractivity contribution in [3.63, 3.8) is 0 Å². The van der Waals surface area contributed by atoms with Gasteiger partial charge in [0.2, 0.25) is 0 Å². The van der Waals surface area contributed by atoms with Gasteiger partial charge < -0.3 is 15.7 Å². The van der Waals surface area contributed by atoms with Gasteiger partial charge in [-0.2, -0.15) is 0 Å². The summed E-state index contributed by atoms with van der Waals surface area (Å²) < 4.78 is 0. The Morgan fingerprint density at radius 3 is 3.13 bits per heavy atom. The molecular formula is C11H20N2OS. The van der Waals surface area contributed by atoms with E-state index in [1.165, 1.54) is 18.4 Å². The summed E-state index contributed by atoms with van der Waals surface area (Å²) in [5.41, 5.74) is 1.45. The fourth-order valence-electron chi connectivity index (χ4n) is 1.87. The molecule has 15 heavy (non-hydrogen) atoms. The molecule has 0 bridgehead atoms. The lowest BCUT2D eigenvalue weighted by Crippen LogP contribution is -2.44. The zero-order chi connectivity index (χ0) is 11.1. The Bertz CT molecular complexity index is 241. The van der Waals surface area contributed by atoms with Gasteiger partial charge in [-0.1, -0.05) is 18.6 Å². The zero-order valence-electron chi connectivity index (χ0n) is 9.25. The Kier molecular flexibility index (Phi) is 5.65. The van der Waals surface area contributed by atoms with Gasteiger partial charge in [0.05, 0.1) is 6.61 Å². The van der Waals surface area contributed by atoms with Crippen LogP contribution in [0, 0.1) is 0 Å². The van der Waals surface area contributed by atoms with Crippen LogP contribution in [-0.4, -0.2) is 29.4 Å². The quantitative estimate of drug-likeness (QED) is 0.502. The molecule has 0 radical (unpaired) electrons. The zero-order valence-corrected chi connectivity index (χ0v) is 10.1. The van der Waals surface area contributed by atoms with E-state index in [2.05, 4.69) is 23.6 Å². The van der Waals surface area contributed by atoms with Crippen molar-refractivity contribution in [1.29, 1.82) is 0 Å². The molecule has 4 heteroatoms. The SMILES string of the molecule is CCC1=CCCCC1NC(=S)NCCO. The lowest BCUT2D eigenvalue weighted by atomic mass is 9.92. The lowest BCUT2D eigenvalue weighted by molar-refractivity contribution is 0.300. The predicted molar refractivity (Wildman–Crippen MR) is 66.8 cm³/mol. The van der Waals surface area contributed by atoms with Crippen LogP contribution in [0.4, 0.5) is 0 Å². The van der Waals surface area contributed by atoms with Crippen LogP contribution in [0.1, 0.15) is 32.6 Å². The summed E-state index contributed by atoms with van der Waals surface area (Å²) in [5.74, 6) is 0. The van der Waals surface area contributed by atoms with Crippen LogP contribution in [-0.2, 0) is 0 Å². The average molecular weight is 228 g/mol. The van der Waals surface area contributed by atoms with Crippen LogP contribution in [0.15, 0.2) is 11.6 Å². The maximum atomic E-state index is 8.66. The highest BCUT2D eigenvalue weighted by Gasteiger charge is 2.16. The number of hydrogen-bond acceptors (Lipinski definition) is 2. The second-order valence-corrected chi connectivity index (χ2v) is 4.15. The molecule has 0 saturated carbocycles. The Morgan fingerprint density at radius 1 is 1.67 bits per heavy atom. The molecule has 0 aromatic heterocycles. The summed E-state index contributed by atoms with van der Waals surface area (Å²) in [6.07, 6.45) is 6.97. The van der Waals surface area contributed by atoms with Gasteiger partial charge in [0.1, 0.15) is 0 Å². The van der Waals surface area contributed by atoms with E-state index in [9.17, 15) is 0 Å². The second-order valence-electron chi connectivity index (χ2n) is 3.74. The van der Waals surface area contributed by atoms with Gasteiger partial charge >= 0.3 is 0 Å². The third-order valence-electron chi connectivity index (χ3n) is 2.66. The summed E-state index contributed by atoms with van der Waals surface area (Å²) in [4.78, 5) is 0. The molecule has 0 spiro atoms. The molecule has 1 aliphatic rings. The highest BCUT2D eigenvalue weighted by Crippen LogP contribution is 2.20. The molecule has 0 heterocycles. The third kappa shape index (κ3) is 4.18. The highest BCUT2D eigenvalue weighted by molar-refractivity contribution is 7.80. The number of hydrogen-bond donors (Lipinski definition) is 3. The fourth-order valence-corrected chi connectivity index (χ4v) is 2.12. The molecule has 1 atom stereocenters. The Balaban J connectivity index is 2.39. The van der Waals surface area contributed by atoms with Crippen LogP contribution in [0.3, 0.4) is 0 Å². The minimum Gasteiger partial charge on any atom is -0.395 e. The number of rotatable bonds is 4. The van der Waals surface area contributed by atoms with Crippen LogP contribution >= 0.6 is 12.2 Å². The van der Waals surface area contributed by atoms with E-state index in [1.807, 2.05) is 0 Å². The number of nitrogens with one attached hydrogen (secondary N) is 2. The second kappa shape index (κ2) is 6.80. The van der Waals surface area contributed by atoms with Gasteiger partial charge in [-0.05, 0) is 37.9 Å². The number of allylic oxidation sites excluding steroid dienone is 1. The first-order valence-electron chi connectivity index (χ1n) is 5.62. The van der Waals surface area contributed by atoms with Gasteiger partial charge in [0.25, 0.3) is 0 Å². The monoisotopic (exact) mass is 228 g/mol. The first kappa shape index (κ1) is 12.5. The first-order valence-corrected chi connectivity index (χ1v) is 6.03. The van der Waals surface area contributed by atoms with Crippen molar-refractivity contribution in [2.75, 3.05) is 13.2 Å². The molecule has 1 rings (SSSR count). The molecule has 0 aromatic carbocycles. The van der Waals surface area contributed by atoms with E-state index in [4.69, 9.17) is 17.3 Å². The summed E-state index contributed by atoms with van der Waals surface area (Å²) in [6, 6.07) is 0.391. The topological polar surface area (TPSA) is 44.3 Å². The van der Waals surface area contributed by atoms with Gasteiger partial charge in [-0.15, -0.1) is 0 Å². The molecule has 1 unspecified atom stereocenters. The minimum atomic E-state index is 0.114. The maximum Gasteiger partial charge on any atom is 0.166 e. The van der Waals surface area contributed by atoms with E-state index in [0.717, 1.165) is 12.8 Å². The van der Waals surface area contributed by atoms with Crippen molar-refractivity contribution in [3.8, 4) is 0 Å². The summed E-state index contributed by atoms with van der Waals surface area (Å²) >= 11 is 5.14. The molecular weight excluding hydrogens is 208 g/mol. The van der Waals surface area contributed by atoms with Gasteiger partial charge in [-0.25, -0.2) is 0 Å². The molecule has 3 N–H and O–H groups in total. The van der Waals surface area contributed by atoms with E-state index < -0.39 is 0 Å². The Labute approximate surface area is 96.9 Å². The van der Waals surface area contributed by atoms with Gasteiger partial charge in [0.15, 0.2) is 5.11 Å². The average Bonchev–Trinajstić information content (AvgIpc) is 2.27. The number of aliphatic hydroxyl groups is 1. The van der Waals surface area contributed by atoms with Crippen LogP contribution < -0.4 is 10.6 Å². The van der Waals surface area contributed by atoms with E-state index >= 15 is 0 Å². The normalized spacial score (nSPS) is 20.7. The van der Waals surface area contributed by atoms with E-state index in [0.29, 0.717) is 17.7 Å². The molecule has 0 aromatic rings. The number of aliphatic hydroxyl groups excluding tert-OH is 1. The Morgan fingerprint density at radius 2 is 2.47 bits per heavy atom. The molecule has 0 aliphatic heterocycles. The number of thiocarbonyl (C=S) groups is 1. The Hall–Kier alpha value is -0.610. The third-order valence-corrected chi connectivity index (χ3v) is 2.92. The molecule has 0 fully saturated rings. The van der Waals surface area contributed by atoms with Gasteiger partial charge in [0, 0.05) is 12.6 Å². The predicted octanol–water partition coefficient (Wildman–Crippen LogP) is 1.33. The van der Waals surface area contributed by atoms with Crippen molar-refractivity contribution in [2.45, 2.75) is 38.6 Å². The van der Waals surface area contributed by atoms with Crippen LogP contribution in [0.25, 0.3) is 0 Å². The van der Waals surface area contributed by atoms with Crippen molar-refractivity contribution in [1.82, 2.24) is 10.6 Å². The summed E-state index contributed by atoms with van der Waals surface area (Å²) in [6.45, 7) is 2.81. The maximum absolute atomic E-state index is 8.66. The van der Waals surface area contributed by atoms with Crippen molar-refractivity contribution in [2.24, 2.45) is 0 Å². The van der Waals surface area contributed by atoms with Gasteiger partial charge in [-0.3, -0.25) is 0 Å². The molecule has 1 aliphatic carbocycles. The first-order chi connectivity index (χ1) is 7.27. The van der Waals surface area contributed by atoms with E-state index in [1.54, 1.807) is 0 Å². The summed E-state index contributed by atoms with van der Waals surface area (Å²) in [5, 5.41) is 15.6. The largest absolute Gasteiger partial charge is 0.395 e. The molecule has 0 saturated heterocycles. The van der Waals surface area contributed by atoms with Crippen molar-refractivity contribution >= 4 is 17.3 Å². The minimum absolute atomic E-state index is 0.114. The standard InChI is InChI=1S/C11H20N2OS/c1-2-9-5-3-4-6-10(9)13-11(15)12-7-8-14/h5,10,14H,2-4,6-8H2,1H3,(H2,12,13,15). The fraction of sp³-hybridized carbons (Fsp3) is 0.727.